The molecule has 0 unspecified atom stereocenters. The summed E-state index contributed by atoms with van der Waals surface area (Å²) in [7, 11) is 0. The number of carbonyl (C=O) groups is 3. The molecule has 0 bridgehead atoms. The van der Waals surface area contributed by atoms with Crippen LogP contribution in [-0.4, -0.2) is 23.5 Å². The highest BCUT2D eigenvalue weighted by Crippen LogP contribution is 2.21. The van der Waals surface area contributed by atoms with Gasteiger partial charge in [0.05, 0.1) is 5.70 Å². The summed E-state index contributed by atoms with van der Waals surface area (Å²) in [5.41, 5.74) is 2.30. The van der Waals surface area contributed by atoms with Crippen molar-refractivity contribution in [2.75, 3.05) is 5.32 Å². The van der Waals surface area contributed by atoms with Crippen LogP contribution in [0.15, 0.2) is 90.6 Å². The van der Waals surface area contributed by atoms with Crippen molar-refractivity contribution in [2.45, 2.75) is 12.5 Å². The molecule has 3 aromatic carbocycles. The fraction of sp³-hybridized carbons (Fsp3) is 0.0800. The predicted octanol–water partition coefficient (Wildman–Crippen LogP) is 4.44. The van der Waals surface area contributed by atoms with Gasteiger partial charge < -0.3 is 10.6 Å². The first-order valence-corrected chi connectivity index (χ1v) is 10.2. The molecule has 154 valence electrons. The van der Waals surface area contributed by atoms with E-state index in [0.717, 1.165) is 5.56 Å². The second kappa shape index (κ2) is 8.98. The molecular formula is C25H19ClN2O3. The van der Waals surface area contributed by atoms with Gasteiger partial charge in [0.1, 0.15) is 6.04 Å². The summed E-state index contributed by atoms with van der Waals surface area (Å²) in [5.74, 6) is -0.909. The van der Waals surface area contributed by atoms with Gasteiger partial charge in [0.25, 0.3) is 0 Å². The Bertz CT molecular complexity index is 1170. The molecule has 2 N–H and O–H groups in total. The van der Waals surface area contributed by atoms with Gasteiger partial charge in [0.2, 0.25) is 11.7 Å². The molecule has 4 rings (SSSR count). The molecule has 1 aliphatic rings. The van der Waals surface area contributed by atoms with Crippen molar-refractivity contribution in [3.8, 4) is 0 Å². The van der Waals surface area contributed by atoms with Gasteiger partial charge in [0, 0.05) is 34.3 Å². The fourth-order valence-corrected chi connectivity index (χ4v) is 3.56. The fourth-order valence-electron chi connectivity index (χ4n) is 3.43. The molecule has 1 amide bonds. The van der Waals surface area contributed by atoms with Crippen molar-refractivity contribution < 1.29 is 14.4 Å². The Morgan fingerprint density at radius 1 is 0.839 bits per heavy atom. The summed E-state index contributed by atoms with van der Waals surface area (Å²) < 4.78 is 0. The number of fused-ring (bicyclic) bond motifs is 1. The first-order chi connectivity index (χ1) is 15.0. The molecule has 1 atom stereocenters. The number of nitrogens with one attached hydrogen (secondary N) is 2. The molecule has 0 saturated heterocycles. The third kappa shape index (κ3) is 4.73. The Hall–Kier alpha value is -3.70. The van der Waals surface area contributed by atoms with Crippen LogP contribution in [0, 0.1) is 0 Å². The van der Waals surface area contributed by atoms with Gasteiger partial charge in [0.15, 0.2) is 5.78 Å². The lowest BCUT2D eigenvalue weighted by molar-refractivity contribution is -0.117. The second-order valence-corrected chi connectivity index (χ2v) is 7.62. The highest BCUT2D eigenvalue weighted by Gasteiger charge is 2.29. The Morgan fingerprint density at radius 3 is 2.19 bits per heavy atom. The van der Waals surface area contributed by atoms with Crippen LogP contribution in [0.25, 0.3) is 0 Å². The van der Waals surface area contributed by atoms with Crippen molar-refractivity contribution in [3.63, 3.8) is 0 Å². The summed E-state index contributed by atoms with van der Waals surface area (Å²) in [6.45, 7) is 0. The van der Waals surface area contributed by atoms with E-state index in [9.17, 15) is 14.4 Å². The molecule has 1 aliphatic carbocycles. The van der Waals surface area contributed by atoms with E-state index in [0.29, 0.717) is 28.3 Å². The quantitative estimate of drug-likeness (QED) is 0.606. The molecule has 0 aliphatic heterocycles. The Kier molecular flexibility index (Phi) is 5.96. The number of ketones is 2. The largest absolute Gasteiger partial charge is 0.370 e. The lowest BCUT2D eigenvalue weighted by atomic mass is 9.92. The normalized spacial score (nSPS) is 13.8. The summed E-state index contributed by atoms with van der Waals surface area (Å²) in [5, 5.41) is 6.41. The number of Topliss-reactive ketones (excluding diaryl/α,β-unsaturated/α-hetero) is 1. The summed E-state index contributed by atoms with van der Waals surface area (Å²) in [6.07, 6.45) is 1.60. The number of allylic oxidation sites excluding steroid dienone is 2. The highest BCUT2D eigenvalue weighted by molar-refractivity contribution is 6.30. The molecule has 6 heteroatoms. The zero-order chi connectivity index (χ0) is 21.8. The van der Waals surface area contributed by atoms with Crippen LogP contribution in [0.3, 0.4) is 0 Å². The third-order valence-electron chi connectivity index (χ3n) is 5.00. The average molecular weight is 431 g/mol. The standard InChI is InChI=1S/C25H19ClN2O3/c26-17-10-12-18(13-11-17)27-25(31)22(14-16-6-2-1-3-7-16)28-21-15-23(29)19-8-4-5-9-20(19)24(21)30/h1-13,15,22,28H,14H2,(H,27,31)/t22-/m1/s1. The van der Waals surface area contributed by atoms with E-state index in [1.54, 1.807) is 48.5 Å². The van der Waals surface area contributed by atoms with E-state index in [1.807, 2.05) is 30.3 Å². The molecule has 0 saturated carbocycles. The number of halogens is 1. The van der Waals surface area contributed by atoms with Gasteiger partial charge in [-0.3, -0.25) is 14.4 Å². The summed E-state index contributed by atoms with van der Waals surface area (Å²) in [6, 6.07) is 22.1. The lowest BCUT2D eigenvalue weighted by Gasteiger charge is -2.23. The van der Waals surface area contributed by atoms with E-state index in [2.05, 4.69) is 10.6 Å². The Morgan fingerprint density at radius 2 is 1.48 bits per heavy atom. The molecular weight excluding hydrogens is 412 g/mol. The number of hydrogen-bond acceptors (Lipinski definition) is 4. The predicted molar refractivity (Wildman–Crippen MR) is 120 cm³/mol. The molecule has 0 fully saturated rings. The van der Waals surface area contributed by atoms with Gasteiger partial charge in [-0.2, -0.15) is 0 Å². The van der Waals surface area contributed by atoms with Gasteiger partial charge in [-0.15, -0.1) is 0 Å². The number of benzene rings is 3. The van der Waals surface area contributed by atoms with Crippen LogP contribution in [-0.2, 0) is 11.2 Å². The van der Waals surface area contributed by atoms with E-state index in [1.165, 1.54) is 6.08 Å². The smallest absolute Gasteiger partial charge is 0.247 e. The van der Waals surface area contributed by atoms with Crippen LogP contribution in [0.4, 0.5) is 5.69 Å². The van der Waals surface area contributed by atoms with Crippen molar-refractivity contribution >= 4 is 34.8 Å². The van der Waals surface area contributed by atoms with E-state index in [-0.39, 0.29) is 23.2 Å². The minimum atomic E-state index is -0.772. The maximum atomic E-state index is 13.1. The summed E-state index contributed by atoms with van der Waals surface area (Å²) >= 11 is 5.92. The van der Waals surface area contributed by atoms with Gasteiger partial charge in [-0.05, 0) is 29.8 Å². The van der Waals surface area contributed by atoms with Crippen molar-refractivity contribution in [1.82, 2.24) is 5.32 Å². The Labute approximate surface area is 184 Å². The number of amides is 1. The average Bonchev–Trinajstić information content (AvgIpc) is 2.79. The summed E-state index contributed by atoms with van der Waals surface area (Å²) in [4.78, 5) is 38.5. The van der Waals surface area contributed by atoms with Gasteiger partial charge in [-0.25, -0.2) is 0 Å². The van der Waals surface area contributed by atoms with Crippen LogP contribution < -0.4 is 10.6 Å². The number of carbonyl (C=O) groups excluding carboxylic acids is 3. The van der Waals surface area contributed by atoms with Crippen LogP contribution in [0.1, 0.15) is 26.3 Å². The number of anilines is 1. The first-order valence-electron chi connectivity index (χ1n) is 9.78. The molecule has 0 spiro atoms. The molecule has 0 aromatic heterocycles. The maximum absolute atomic E-state index is 13.1. The minimum Gasteiger partial charge on any atom is -0.370 e. The highest BCUT2D eigenvalue weighted by atomic mass is 35.5. The first kappa shape index (κ1) is 20.6. The lowest BCUT2D eigenvalue weighted by Crippen LogP contribution is -2.44. The zero-order valence-corrected chi connectivity index (χ0v) is 17.2. The molecule has 31 heavy (non-hydrogen) atoms. The monoisotopic (exact) mass is 430 g/mol. The third-order valence-corrected chi connectivity index (χ3v) is 5.25. The number of rotatable bonds is 6. The van der Waals surface area contributed by atoms with Gasteiger partial charge >= 0.3 is 0 Å². The number of hydrogen-bond donors (Lipinski definition) is 2. The molecule has 3 aromatic rings. The van der Waals surface area contributed by atoms with Crippen LogP contribution >= 0.6 is 11.6 Å². The van der Waals surface area contributed by atoms with Crippen LogP contribution in [0.2, 0.25) is 5.02 Å². The van der Waals surface area contributed by atoms with Crippen LogP contribution in [0.5, 0.6) is 0 Å². The zero-order valence-electron chi connectivity index (χ0n) is 16.5. The molecule has 0 radical (unpaired) electrons. The van der Waals surface area contributed by atoms with Crippen molar-refractivity contribution in [1.29, 1.82) is 0 Å². The molecule has 0 heterocycles. The van der Waals surface area contributed by atoms with Crippen molar-refractivity contribution in [3.05, 3.63) is 112 Å². The minimum absolute atomic E-state index is 0.107. The van der Waals surface area contributed by atoms with E-state index >= 15 is 0 Å². The van der Waals surface area contributed by atoms with Gasteiger partial charge in [-0.1, -0.05) is 66.2 Å². The van der Waals surface area contributed by atoms with E-state index in [4.69, 9.17) is 11.6 Å². The topological polar surface area (TPSA) is 75.3 Å². The second-order valence-electron chi connectivity index (χ2n) is 7.18. The SMILES string of the molecule is O=C1C=C(N[C@H](Cc2ccccc2)C(=O)Nc2ccc(Cl)cc2)C(=O)c2ccccc21. The molecule has 5 nitrogen and oxygen atoms in total. The van der Waals surface area contributed by atoms with E-state index < -0.39 is 6.04 Å². The van der Waals surface area contributed by atoms with Crippen molar-refractivity contribution in [2.24, 2.45) is 0 Å². The Balaban J connectivity index is 1.60. The maximum Gasteiger partial charge on any atom is 0.247 e.